The summed E-state index contributed by atoms with van der Waals surface area (Å²) in [6.45, 7) is 2.94. The number of hydrogen-bond donors (Lipinski definition) is 0. The molecule has 0 aliphatic carbocycles. The highest BCUT2D eigenvalue weighted by atomic mass is 16.6. The quantitative estimate of drug-likeness (QED) is 0.300. The molecule has 0 bridgehead atoms. The lowest BCUT2D eigenvalue weighted by Gasteiger charge is -2.36. The Hall–Kier alpha value is -4.40. The summed E-state index contributed by atoms with van der Waals surface area (Å²) in [4.78, 5) is 32.4. The van der Waals surface area contributed by atoms with Gasteiger partial charge in [0.2, 0.25) is 5.91 Å². The number of rotatable bonds is 7. The second-order valence-electron chi connectivity index (χ2n) is 8.35. The lowest BCUT2D eigenvalue weighted by atomic mass is 10.2. The summed E-state index contributed by atoms with van der Waals surface area (Å²) in [5.41, 5.74) is 2.72. The maximum Gasteiger partial charge on any atom is 0.269 e. The molecule has 1 aliphatic heterocycles. The monoisotopic (exact) mass is 471 g/mol. The van der Waals surface area contributed by atoms with Crippen LogP contribution in [0.4, 0.5) is 11.4 Å². The lowest BCUT2D eigenvalue weighted by Crippen LogP contribution is -2.49. The van der Waals surface area contributed by atoms with Gasteiger partial charge in [-0.2, -0.15) is 0 Å². The highest BCUT2D eigenvalue weighted by molar-refractivity contribution is 5.81. The summed E-state index contributed by atoms with van der Waals surface area (Å²) >= 11 is 0. The Morgan fingerprint density at radius 3 is 2.31 bits per heavy atom. The normalized spacial score (nSPS) is 13.7. The van der Waals surface area contributed by atoms with Crippen LogP contribution in [0.15, 0.2) is 78.9 Å². The molecule has 9 heteroatoms. The molecule has 0 saturated carbocycles. The van der Waals surface area contributed by atoms with Crippen molar-refractivity contribution in [1.29, 1.82) is 0 Å². The molecule has 0 spiro atoms. The van der Waals surface area contributed by atoms with Crippen molar-refractivity contribution >= 4 is 28.3 Å². The van der Waals surface area contributed by atoms with E-state index in [0.29, 0.717) is 32.0 Å². The number of imidazole rings is 1. The molecule has 4 aromatic rings. The molecular formula is C26H25N5O4. The number of anilines is 1. The van der Waals surface area contributed by atoms with Crippen LogP contribution in [0, 0.1) is 10.1 Å². The minimum Gasteiger partial charge on any atom is -0.486 e. The Labute approximate surface area is 202 Å². The Morgan fingerprint density at radius 1 is 0.914 bits per heavy atom. The highest BCUT2D eigenvalue weighted by Gasteiger charge is 2.23. The molecule has 0 unspecified atom stereocenters. The molecule has 9 nitrogen and oxygen atoms in total. The minimum atomic E-state index is -0.403. The molecule has 1 aromatic heterocycles. The molecule has 35 heavy (non-hydrogen) atoms. The molecule has 3 aromatic carbocycles. The van der Waals surface area contributed by atoms with Gasteiger partial charge in [-0.05, 0) is 36.4 Å². The van der Waals surface area contributed by atoms with E-state index in [1.807, 2.05) is 64.1 Å². The van der Waals surface area contributed by atoms with E-state index in [0.717, 1.165) is 22.5 Å². The van der Waals surface area contributed by atoms with E-state index in [-0.39, 0.29) is 24.7 Å². The van der Waals surface area contributed by atoms with Crippen LogP contribution in [-0.4, -0.2) is 51.5 Å². The summed E-state index contributed by atoms with van der Waals surface area (Å²) in [5.74, 6) is 1.48. The van der Waals surface area contributed by atoms with Crippen LogP contribution in [0.1, 0.15) is 5.82 Å². The van der Waals surface area contributed by atoms with Crippen molar-refractivity contribution in [3.8, 4) is 5.75 Å². The van der Waals surface area contributed by atoms with Crippen molar-refractivity contribution in [1.82, 2.24) is 14.5 Å². The molecule has 1 aliphatic rings. The van der Waals surface area contributed by atoms with E-state index in [4.69, 9.17) is 9.72 Å². The van der Waals surface area contributed by atoms with E-state index in [2.05, 4.69) is 4.90 Å². The van der Waals surface area contributed by atoms with Gasteiger partial charge in [-0.15, -0.1) is 0 Å². The number of ether oxygens (including phenoxy) is 1. The second kappa shape index (κ2) is 9.84. The van der Waals surface area contributed by atoms with Crippen LogP contribution in [0.3, 0.4) is 0 Å². The van der Waals surface area contributed by atoms with E-state index >= 15 is 0 Å². The number of benzene rings is 3. The van der Waals surface area contributed by atoms with Crippen LogP contribution in [0.2, 0.25) is 0 Å². The summed E-state index contributed by atoms with van der Waals surface area (Å²) < 4.78 is 7.85. The van der Waals surface area contributed by atoms with Crippen LogP contribution in [0.25, 0.3) is 11.0 Å². The number of nitrogens with zero attached hydrogens (tertiary/aromatic N) is 5. The summed E-state index contributed by atoms with van der Waals surface area (Å²) in [6.07, 6.45) is 0. The number of para-hydroxylation sites is 3. The summed E-state index contributed by atoms with van der Waals surface area (Å²) in [6, 6.07) is 23.9. The van der Waals surface area contributed by atoms with Gasteiger partial charge >= 0.3 is 0 Å². The molecule has 5 rings (SSSR count). The van der Waals surface area contributed by atoms with Gasteiger partial charge in [-0.25, -0.2) is 4.98 Å². The number of nitro groups is 1. The highest BCUT2D eigenvalue weighted by Crippen LogP contribution is 2.22. The molecule has 2 heterocycles. The molecule has 0 atom stereocenters. The molecular weight excluding hydrogens is 446 g/mol. The number of nitro benzene ring substituents is 1. The molecule has 0 N–H and O–H groups in total. The van der Waals surface area contributed by atoms with Crippen LogP contribution >= 0.6 is 0 Å². The first-order valence-corrected chi connectivity index (χ1v) is 11.5. The number of fused-ring (bicyclic) bond motifs is 1. The standard InChI is InChI=1S/C26H25N5O4/c32-26(29-16-14-28(15-17-29)20-10-12-21(13-11-20)31(33)34)18-30-24-9-5-4-8-23(24)27-25(30)19-35-22-6-2-1-3-7-22/h1-13H,14-19H2. The summed E-state index contributed by atoms with van der Waals surface area (Å²) in [7, 11) is 0. The molecule has 0 radical (unpaired) electrons. The number of carbonyl (C=O) groups is 1. The molecule has 1 fully saturated rings. The minimum absolute atomic E-state index is 0.0254. The second-order valence-corrected chi connectivity index (χ2v) is 8.35. The first-order valence-electron chi connectivity index (χ1n) is 11.5. The smallest absolute Gasteiger partial charge is 0.269 e. The van der Waals surface area contributed by atoms with E-state index < -0.39 is 4.92 Å². The Bertz CT molecular complexity index is 1330. The largest absolute Gasteiger partial charge is 0.486 e. The topological polar surface area (TPSA) is 93.7 Å². The van der Waals surface area contributed by atoms with Crippen molar-refractivity contribution in [2.24, 2.45) is 0 Å². The van der Waals surface area contributed by atoms with Crippen molar-refractivity contribution in [3.63, 3.8) is 0 Å². The zero-order chi connectivity index (χ0) is 24.2. The maximum absolute atomic E-state index is 13.2. The fraction of sp³-hybridized carbons (Fsp3) is 0.231. The fourth-order valence-electron chi connectivity index (χ4n) is 4.31. The van der Waals surface area contributed by atoms with Crippen LogP contribution in [0.5, 0.6) is 5.75 Å². The zero-order valence-corrected chi connectivity index (χ0v) is 19.1. The SMILES string of the molecule is O=C(Cn1c(COc2ccccc2)nc2ccccc21)N1CCN(c2ccc([N+](=O)[O-])cc2)CC1. The van der Waals surface area contributed by atoms with Gasteiger partial charge in [-0.1, -0.05) is 30.3 Å². The number of piperazine rings is 1. The van der Waals surface area contributed by atoms with Gasteiger partial charge in [0.25, 0.3) is 5.69 Å². The third-order valence-electron chi connectivity index (χ3n) is 6.20. The number of amides is 1. The maximum atomic E-state index is 13.2. The van der Waals surface area contributed by atoms with E-state index in [1.165, 1.54) is 12.1 Å². The van der Waals surface area contributed by atoms with Gasteiger partial charge in [0.05, 0.1) is 16.0 Å². The predicted molar refractivity (Wildman–Crippen MR) is 132 cm³/mol. The molecule has 1 saturated heterocycles. The number of carbonyl (C=O) groups excluding carboxylic acids is 1. The lowest BCUT2D eigenvalue weighted by molar-refractivity contribution is -0.384. The van der Waals surface area contributed by atoms with Gasteiger partial charge in [0.1, 0.15) is 24.7 Å². The molecule has 1 amide bonds. The molecule has 178 valence electrons. The van der Waals surface area contributed by atoms with Crippen molar-refractivity contribution in [2.45, 2.75) is 13.2 Å². The van der Waals surface area contributed by atoms with Crippen molar-refractivity contribution in [2.75, 3.05) is 31.1 Å². The van der Waals surface area contributed by atoms with Gasteiger partial charge < -0.3 is 19.1 Å². The Balaban J connectivity index is 1.26. The Morgan fingerprint density at radius 2 is 1.60 bits per heavy atom. The van der Waals surface area contributed by atoms with Gasteiger partial charge in [0.15, 0.2) is 0 Å². The number of hydrogen-bond acceptors (Lipinski definition) is 6. The number of aromatic nitrogens is 2. The third kappa shape index (κ3) is 4.93. The van der Waals surface area contributed by atoms with Crippen LogP contribution in [-0.2, 0) is 17.9 Å². The average Bonchev–Trinajstić information content (AvgIpc) is 3.25. The van der Waals surface area contributed by atoms with Crippen LogP contribution < -0.4 is 9.64 Å². The summed E-state index contributed by atoms with van der Waals surface area (Å²) in [5, 5.41) is 10.9. The first-order chi connectivity index (χ1) is 17.1. The van der Waals surface area contributed by atoms with Gasteiger partial charge in [0, 0.05) is 44.0 Å². The predicted octanol–water partition coefficient (Wildman–Crippen LogP) is 3.87. The van der Waals surface area contributed by atoms with Crippen molar-refractivity contribution in [3.05, 3.63) is 94.8 Å². The fourth-order valence-corrected chi connectivity index (χ4v) is 4.31. The van der Waals surface area contributed by atoms with Crippen molar-refractivity contribution < 1.29 is 14.5 Å². The van der Waals surface area contributed by atoms with Gasteiger partial charge in [-0.3, -0.25) is 14.9 Å². The Kier molecular flexibility index (Phi) is 6.30. The first kappa shape index (κ1) is 22.4. The number of non-ortho nitro benzene ring substituents is 1. The van der Waals surface area contributed by atoms with E-state index in [1.54, 1.807) is 12.1 Å². The zero-order valence-electron chi connectivity index (χ0n) is 19.1. The van der Waals surface area contributed by atoms with E-state index in [9.17, 15) is 14.9 Å². The third-order valence-corrected chi connectivity index (χ3v) is 6.20. The average molecular weight is 472 g/mol.